The molecule has 0 unspecified atom stereocenters. The summed E-state index contributed by atoms with van der Waals surface area (Å²) < 4.78 is 4.11. The molecule has 202 valence electrons. The summed E-state index contributed by atoms with van der Waals surface area (Å²) in [6.45, 7) is 10.9. The highest BCUT2D eigenvalue weighted by Gasteiger charge is 1.75. The normalized spacial score (nSPS) is 6.94. The molecule has 0 atom stereocenters. The minimum absolute atomic E-state index is 0. The van der Waals surface area contributed by atoms with E-state index in [1.807, 2.05) is 46.8 Å². The van der Waals surface area contributed by atoms with E-state index in [-0.39, 0.29) is 50.5 Å². The van der Waals surface area contributed by atoms with Crippen LogP contribution in [0.5, 0.6) is 0 Å². The van der Waals surface area contributed by atoms with E-state index in [2.05, 4.69) is 36.9 Å². The number of carbonyl (C=O) groups is 1. The minimum atomic E-state index is -0.245. The lowest BCUT2D eigenvalue weighted by Crippen LogP contribution is -1.88. The Labute approximate surface area is 205 Å². The summed E-state index contributed by atoms with van der Waals surface area (Å²) in [6, 6.07) is 0. The van der Waals surface area contributed by atoms with Gasteiger partial charge in [-0.05, 0) is 45.9 Å². The highest BCUT2D eigenvalue weighted by atomic mass is 16.5. The van der Waals surface area contributed by atoms with Gasteiger partial charge in [0.1, 0.15) is 0 Å². The van der Waals surface area contributed by atoms with Crippen LogP contribution in [0.3, 0.4) is 0 Å². The van der Waals surface area contributed by atoms with Crippen molar-refractivity contribution in [1.82, 2.24) is 0 Å². The molecule has 8 heteroatoms. The first kappa shape index (κ1) is 78.3. The smallest absolute Gasteiger partial charge is 0.302 e. The SMILES string of the molecule is C.C.C.C.C.C.C/C=C/C.CC#CC.CC=NC.CN=NC.CN=[N+](C)[O-].COC(C)=O. The van der Waals surface area contributed by atoms with Gasteiger partial charge in [0.15, 0.2) is 7.05 Å². The van der Waals surface area contributed by atoms with Crippen LogP contribution < -0.4 is 0 Å². The van der Waals surface area contributed by atoms with Gasteiger partial charge in [0.2, 0.25) is 0 Å². The third kappa shape index (κ3) is 648. The maximum Gasteiger partial charge on any atom is 0.302 e. The van der Waals surface area contributed by atoms with E-state index in [0.717, 1.165) is 0 Å². The number of ether oxygens (including phenoxy) is 1. The largest absolute Gasteiger partial charge is 0.600 e. The number of azo groups is 2. The molecule has 0 spiro atoms. The number of esters is 1. The van der Waals surface area contributed by atoms with E-state index in [1.165, 1.54) is 28.1 Å². The molecule has 8 nitrogen and oxygen atoms in total. The van der Waals surface area contributed by atoms with Crippen LogP contribution in [-0.4, -0.2) is 59.4 Å². The van der Waals surface area contributed by atoms with Crippen molar-refractivity contribution >= 4 is 12.2 Å². The summed E-state index contributed by atoms with van der Waals surface area (Å²) in [4.78, 5) is 13.7. The monoisotopic (exact) mass is 469 g/mol. The number of rotatable bonds is 0. The highest BCUT2D eigenvalue weighted by Crippen LogP contribution is 1.60. The predicted octanol–water partition coefficient (Wildman–Crippen LogP) is 8.22. The number of hydroxylamine groups is 1. The van der Waals surface area contributed by atoms with E-state index in [4.69, 9.17) is 0 Å². The Bertz CT molecular complexity index is 364. The minimum Gasteiger partial charge on any atom is -0.600 e. The van der Waals surface area contributed by atoms with Gasteiger partial charge >= 0.3 is 5.97 Å². The van der Waals surface area contributed by atoms with Gasteiger partial charge in [-0.25, -0.2) is 0 Å². The Morgan fingerprint density at radius 1 is 0.844 bits per heavy atom. The third-order valence-corrected chi connectivity index (χ3v) is 1.61. The molecule has 0 saturated heterocycles. The Morgan fingerprint density at radius 2 is 1.03 bits per heavy atom. The summed E-state index contributed by atoms with van der Waals surface area (Å²) in [5.41, 5.74) is 0. The van der Waals surface area contributed by atoms with Crippen LogP contribution in [-0.2, 0) is 9.53 Å². The van der Waals surface area contributed by atoms with E-state index in [0.29, 0.717) is 4.86 Å². The third-order valence-electron chi connectivity index (χ3n) is 1.61. The van der Waals surface area contributed by atoms with E-state index < -0.39 is 0 Å². The second-order valence-electron chi connectivity index (χ2n) is 3.44. The summed E-state index contributed by atoms with van der Waals surface area (Å²) in [5.74, 6) is 5.12. The van der Waals surface area contributed by atoms with Gasteiger partial charge in [0, 0.05) is 28.1 Å². The molecule has 0 N–H and O–H groups in total. The maximum absolute atomic E-state index is 9.59. The van der Waals surface area contributed by atoms with Gasteiger partial charge in [-0.1, -0.05) is 56.7 Å². The van der Waals surface area contributed by atoms with Crippen LogP contribution in [0.4, 0.5) is 0 Å². The van der Waals surface area contributed by atoms with Crippen LogP contribution in [0.25, 0.3) is 0 Å². The predicted molar refractivity (Wildman–Crippen MR) is 152 cm³/mol. The average molecular weight is 470 g/mol. The Hall–Kier alpha value is -2.56. The number of allylic oxidation sites excluding steroid dienone is 2. The first-order chi connectivity index (χ1) is 12.2. The van der Waals surface area contributed by atoms with E-state index >= 15 is 0 Å². The van der Waals surface area contributed by atoms with Crippen LogP contribution in [0.2, 0.25) is 0 Å². The molecule has 0 fully saturated rings. The van der Waals surface area contributed by atoms with Gasteiger partial charge in [0.25, 0.3) is 0 Å². The molecular weight excluding hydrogens is 406 g/mol. The average Bonchev–Trinajstić information content (AvgIpc) is 2.68. The molecule has 0 amide bonds. The van der Waals surface area contributed by atoms with Crippen molar-refractivity contribution in [3.8, 4) is 11.8 Å². The number of hydrogen-bond donors (Lipinski definition) is 0. The van der Waals surface area contributed by atoms with Crippen molar-refractivity contribution in [3.05, 3.63) is 17.4 Å². The first-order valence-electron chi connectivity index (χ1n) is 7.71. The molecule has 0 aliphatic heterocycles. The number of aliphatic imine (C=N–C) groups is 1. The lowest BCUT2D eigenvalue weighted by molar-refractivity contribution is -0.497. The van der Waals surface area contributed by atoms with E-state index in [9.17, 15) is 10.0 Å². The lowest BCUT2D eigenvalue weighted by atomic mass is 10.6. The second kappa shape index (κ2) is 119. The molecule has 32 heavy (non-hydrogen) atoms. The van der Waals surface area contributed by atoms with Crippen molar-refractivity contribution < 1.29 is 14.4 Å². The zero-order chi connectivity index (χ0) is 22.2. The standard InChI is InChI=1S/C4H8.C4H6.C3H7N.C3H6O2.C2H6N2O.C2H6N2.6CH4/c3*1-3-4-2;1-3(4)5-2;1-3-4(2)5;1-3-4-2;;;;;;/h3-4H,1-2H3;1-2H3;3H,1-2H3;2*1-2H3;1-2H3;6*1H4/b4-3+;;;;;;;;;;;. The molecule has 0 aromatic rings. The number of carbonyl (C=O) groups excluding carboxylic acids is 1. The molecular formula is C24H63N5O3. The Balaban J connectivity index is -0.0000000145. The van der Waals surface area contributed by atoms with Crippen LogP contribution in [0, 0.1) is 17.0 Å². The number of nitrogens with zero attached hydrogens (tertiary/aromatic N) is 5. The summed E-state index contributed by atoms with van der Waals surface area (Å²) >= 11 is 0. The molecule has 0 bridgehead atoms. The fraction of sp³-hybridized carbons (Fsp3) is 0.750. The quantitative estimate of drug-likeness (QED) is 0.0678. The summed E-state index contributed by atoms with van der Waals surface area (Å²) in [6.07, 6.45) is 5.75. The lowest BCUT2D eigenvalue weighted by Gasteiger charge is -1.82. The molecule has 0 aliphatic rings. The zero-order valence-electron chi connectivity index (χ0n) is 18.7. The molecule has 0 aliphatic carbocycles. The summed E-state index contributed by atoms with van der Waals surface area (Å²) in [5, 5.41) is 19.5. The van der Waals surface area contributed by atoms with Crippen LogP contribution in [0.15, 0.2) is 32.5 Å². The highest BCUT2D eigenvalue weighted by molar-refractivity contribution is 5.65. The second-order valence-corrected chi connectivity index (χ2v) is 3.44. The van der Waals surface area contributed by atoms with Gasteiger partial charge in [0.05, 0.1) is 14.2 Å². The molecule has 0 saturated carbocycles. The van der Waals surface area contributed by atoms with Crippen molar-refractivity contribution in [2.75, 3.05) is 42.3 Å². The van der Waals surface area contributed by atoms with Gasteiger partial charge < -0.3 is 14.9 Å². The van der Waals surface area contributed by atoms with Gasteiger partial charge in [-0.2, -0.15) is 10.2 Å². The number of methoxy groups -OCH3 is 1. The summed E-state index contributed by atoms with van der Waals surface area (Å²) in [7, 11) is 9.15. The fourth-order valence-corrected chi connectivity index (χ4v) is 0. The Kier molecular flexibility index (Phi) is 290. The fourth-order valence-electron chi connectivity index (χ4n) is 0. The van der Waals surface area contributed by atoms with Crippen molar-refractivity contribution in [1.29, 1.82) is 0 Å². The van der Waals surface area contributed by atoms with E-state index in [1.54, 1.807) is 27.4 Å². The topological polar surface area (TPSA) is 102 Å². The van der Waals surface area contributed by atoms with Crippen molar-refractivity contribution in [2.45, 2.75) is 86.1 Å². The molecule has 0 aromatic heterocycles. The Morgan fingerprint density at radius 3 is 1.03 bits per heavy atom. The molecule has 0 radical (unpaired) electrons. The first-order valence-corrected chi connectivity index (χ1v) is 7.71. The van der Waals surface area contributed by atoms with Gasteiger partial charge in [-0.15, -0.1) is 16.7 Å². The van der Waals surface area contributed by atoms with Gasteiger partial charge in [-0.3, -0.25) is 4.79 Å². The molecule has 0 aromatic carbocycles. The molecule has 0 rings (SSSR count). The van der Waals surface area contributed by atoms with Crippen LogP contribution in [0.1, 0.15) is 86.1 Å². The molecule has 0 heterocycles. The number of hydrogen-bond acceptors (Lipinski definition) is 7. The van der Waals surface area contributed by atoms with Crippen LogP contribution >= 0.6 is 0 Å². The van der Waals surface area contributed by atoms with Crippen molar-refractivity contribution in [2.24, 2.45) is 20.3 Å². The van der Waals surface area contributed by atoms with Crippen molar-refractivity contribution in [3.63, 3.8) is 0 Å². The zero-order valence-corrected chi connectivity index (χ0v) is 18.7. The maximum atomic E-state index is 9.59.